The molecule has 0 spiro atoms. The van der Waals surface area contributed by atoms with Gasteiger partial charge in [-0.2, -0.15) is 0 Å². The number of aliphatic hydroxyl groups excluding tert-OH is 3. The van der Waals surface area contributed by atoms with Gasteiger partial charge in [-0.15, -0.1) is 0 Å². The van der Waals surface area contributed by atoms with E-state index in [0.29, 0.717) is 16.9 Å². The first-order valence-electron chi connectivity index (χ1n) is 7.15. The maximum atomic E-state index is 11.6. The summed E-state index contributed by atoms with van der Waals surface area (Å²) in [5.41, 5.74) is 5.91. The standard InChI is InChI=1S/C14H18N4O5/c1-5(19)11-9(20)10(21)14(23-11)18-4-8(12(15)22)7-3-16-6(2)17-13(7)18/h3-5,9-11,14,19-21H,1-2H3,(H2,15,22)/t5-,9-,10+,11+,14+/m0/s1. The molecule has 0 aliphatic carbocycles. The molecule has 1 amide bonds. The van der Waals surface area contributed by atoms with Gasteiger partial charge in [0.15, 0.2) is 6.23 Å². The molecule has 0 saturated carbocycles. The topological polar surface area (TPSA) is 144 Å². The Labute approximate surface area is 131 Å². The minimum atomic E-state index is -1.29. The van der Waals surface area contributed by atoms with Crippen LogP contribution >= 0.6 is 0 Å². The van der Waals surface area contributed by atoms with E-state index >= 15 is 0 Å². The van der Waals surface area contributed by atoms with Crippen LogP contribution in [-0.4, -0.2) is 60.2 Å². The SMILES string of the molecule is Cc1ncc2c(C(N)=O)cn([C@@H]3O[C@H]([C@H](C)O)[C@@H](O)[C@H]3O)c2n1. The van der Waals surface area contributed by atoms with Crippen molar-refractivity contribution < 1.29 is 24.9 Å². The average Bonchev–Trinajstić information content (AvgIpc) is 2.98. The van der Waals surface area contributed by atoms with Gasteiger partial charge in [0.2, 0.25) is 0 Å². The molecular weight excluding hydrogens is 304 g/mol. The lowest BCUT2D eigenvalue weighted by Gasteiger charge is -2.18. The van der Waals surface area contributed by atoms with E-state index in [1.165, 1.54) is 23.9 Å². The molecule has 0 bridgehead atoms. The lowest BCUT2D eigenvalue weighted by molar-refractivity contribution is -0.0776. The Morgan fingerprint density at radius 3 is 2.70 bits per heavy atom. The minimum Gasteiger partial charge on any atom is -0.391 e. The van der Waals surface area contributed by atoms with Crippen molar-refractivity contribution in [3.05, 3.63) is 23.8 Å². The smallest absolute Gasteiger partial charge is 0.250 e. The fourth-order valence-electron chi connectivity index (χ4n) is 2.82. The van der Waals surface area contributed by atoms with Gasteiger partial charge in [0.1, 0.15) is 29.8 Å². The zero-order chi connectivity index (χ0) is 16.9. The monoisotopic (exact) mass is 322 g/mol. The zero-order valence-corrected chi connectivity index (χ0v) is 12.6. The molecule has 5 N–H and O–H groups in total. The number of nitrogens with two attached hydrogens (primary N) is 1. The van der Waals surface area contributed by atoms with Crippen molar-refractivity contribution in [1.29, 1.82) is 0 Å². The van der Waals surface area contributed by atoms with Crippen molar-refractivity contribution in [1.82, 2.24) is 14.5 Å². The van der Waals surface area contributed by atoms with Gasteiger partial charge in [0.05, 0.1) is 17.1 Å². The summed E-state index contributed by atoms with van der Waals surface area (Å²) >= 11 is 0. The summed E-state index contributed by atoms with van der Waals surface area (Å²) in [4.78, 5) is 19.9. The summed E-state index contributed by atoms with van der Waals surface area (Å²) in [6.45, 7) is 3.14. The quantitative estimate of drug-likeness (QED) is 0.558. The number of primary amides is 1. The number of carbonyl (C=O) groups is 1. The van der Waals surface area contributed by atoms with E-state index in [1.807, 2.05) is 0 Å². The number of fused-ring (bicyclic) bond motifs is 1. The first-order chi connectivity index (χ1) is 10.8. The number of aliphatic hydroxyl groups is 3. The van der Waals surface area contributed by atoms with Crippen LogP contribution in [0.15, 0.2) is 12.4 Å². The molecule has 1 aliphatic rings. The third-order valence-electron chi connectivity index (χ3n) is 3.98. The van der Waals surface area contributed by atoms with E-state index in [9.17, 15) is 20.1 Å². The Hall–Kier alpha value is -2.07. The summed E-state index contributed by atoms with van der Waals surface area (Å²) in [5.74, 6) is -0.200. The lowest BCUT2D eigenvalue weighted by Crippen LogP contribution is -2.37. The second-order valence-electron chi connectivity index (χ2n) is 5.68. The van der Waals surface area contributed by atoms with Gasteiger partial charge in [0, 0.05) is 12.4 Å². The highest BCUT2D eigenvalue weighted by Crippen LogP contribution is 2.34. The maximum Gasteiger partial charge on any atom is 0.250 e. The van der Waals surface area contributed by atoms with Gasteiger partial charge in [0.25, 0.3) is 5.91 Å². The van der Waals surface area contributed by atoms with Crippen molar-refractivity contribution in [3.63, 3.8) is 0 Å². The van der Waals surface area contributed by atoms with Crippen LogP contribution < -0.4 is 5.73 Å². The summed E-state index contributed by atoms with van der Waals surface area (Å²) in [6.07, 6.45) is -2.61. The Morgan fingerprint density at radius 2 is 2.13 bits per heavy atom. The zero-order valence-electron chi connectivity index (χ0n) is 12.6. The van der Waals surface area contributed by atoms with Crippen molar-refractivity contribution >= 4 is 16.9 Å². The number of nitrogens with zero attached hydrogens (tertiary/aromatic N) is 3. The second kappa shape index (κ2) is 5.53. The number of hydrogen-bond acceptors (Lipinski definition) is 7. The lowest BCUT2D eigenvalue weighted by atomic mass is 10.1. The Morgan fingerprint density at radius 1 is 1.43 bits per heavy atom. The van der Waals surface area contributed by atoms with E-state index in [2.05, 4.69) is 9.97 Å². The van der Waals surface area contributed by atoms with Crippen LogP contribution in [0.3, 0.4) is 0 Å². The summed E-state index contributed by atoms with van der Waals surface area (Å²) in [5, 5.41) is 30.3. The van der Waals surface area contributed by atoms with E-state index in [0.717, 1.165) is 0 Å². The van der Waals surface area contributed by atoms with E-state index in [4.69, 9.17) is 10.5 Å². The van der Waals surface area contributed by atoms with Gasteiger partial charge in [-0.25, -0.2) is 9.97 Å². The minimum absolute atomic E-state index is 0.186. The van der Waals surface area contributed by atoms with E-state index < -0.39 is 36.6 Å². The van der Waals surface area contributed by atoms with Crippen molar-refractivity contribution in [2.24, 2.45) is 5.73 Å². The number of amides is 1. The van der Waals surface area contributed by atoms with Gasteiger partial charge in [-0.3, -0.25) is 4.79 Å². The summed E-state index contributed by atoms with van der Waals surface area (Å²) < 4.78 is 7.01. The van der Waals surface area contributed by atoms with Crippen LogP contribution in [0.5, 0.6) is 0 Å². The van der Waals surface area contributed by atoms with Crippen molar-refractivity contribution in [2.75, 3.05) is 0 Å². The van der Waals surface area contributed by atoms with E-state index in [1.54, 1.807) is 6.92 Å². The Bertz CT molecular complexity index is 759. The fraction of sp³-hybridized carbons (Fsp3) is 0.500. The van der Waals surface area contributed by atoms with Crippen molar-refractivity contribution in [2.45, 2.75) is 44.5 Å². The molecule has 0 aromatic carbocycles. The highest BCUT2D eigenvalue weighted by Gasteiger charge is 2.46. The van der Waals surface area contributed by atoms with Crippen molar-refractivity contribution in [3.8, 4) is 0 Å². The van der Waals surface area contributed by atoms with Crippen LogP contribution in [0.4, 0.5) is 0 Å². The molecule has 23 heavy (non-hydrogen) atoms. The first kappa shape index (κ1) is 15.8. The second-order valence-corrected chi connectivity index (χ2v) is 5.68. The van der Waals surface area contributed by atoms with Crippen LogP contribution in [0.2, 0.25) is 0 Å². The molecule has 124 valence electrons. The van der Waals surface area contributed by atoms with Crippen LogP contribution in [0.1, 0.15) is 29.3 Å². The van der Waals surface area contributed by atoms with Gasteiger partial charge >= 0.3 is 0 Å². The van der Waals surface area contributed by atoms with E-state index in [-0.39, 0.29) is 5.56 Å². The molecule has 0 radical (unpaired) electrons. The van der Waals surface area contributed by atoms with Crippen LogP contribution in [0, 0.1) is 6.92 Å². The summed E-state index contributed by atoms with van der Waals surface area (Å²) in [6, 6.07) is 0. The molecule has 2 aromatic heterocycles. The largest absolute Gasteiger partial charge is 0.391 e. The number of aromatic nitrogens is 3. The maximum absolute atomic E-state index is 11.6. The molecule has 9 nitrogen and oxygen atoms in total. The molecule has 1 saturated heterocycles. The van der Waals surface area contributed by atoms with Crippen LogP contribution in [0.25, 0.3) is 11.0 Å². The number of hydrogen-bond donors (Lipinski definition) is 4. The number of carbonyl (C=O) groups excluding carboxylic acids is 1. The molecule has 0 unspecified atom stereocenters. The predicted molar refractivity (Wildman–Crippen MR) is 78.4 cm³/mol. The number of aryl methyl sites for hydroxylation is 1. The molecule has 1 fully saturated rings. The molecule has 5 atom stereocenters. The third kappa shape index (κ3) is 2.47. The van der Waals surface area contributed by atoms with Gasteiger partial charge in [-0.05, 0) is 13.8 Å². The molecule has 1 aliphatic heterocycles. The highest BCUT2D eigenvalue weighted by molar-refractivity contribution is 6.05. The highest BCUT2D eigenvalue weighted by atomic mass is 16.6. The molecular formula is C14H18N4O5. The average molecular weight is 322 g/mol. The first-order valence-corrected chi connectivity index (χ1v) is 7.15. The molecule has 3 heterocycles. The molecule has 2 aromatic rings. The Balaban J connectivity index is 2.13. The van der Waals surface area contributed by atoms with Crippen LogP contribution in [-0.2, 0) is 4.74 Å². The molecule has 3 rings (SSSR count). The summed E-state index contributed by atoms with van der Waals surface area (Å²) in [7, 11) is 0. The van der Waals surface area contributed by atoms with Gasteiger partial charge < -0.3 is 30.4 Å². The Kier molecular flexibility index (Phi) is 3.80. The number of rotatable bonds is 3. The fourth-order valence-corrected chi connectivity index (χ4v) is 2.82. The normalized spacial score (nSPS) is 29.1. The number of ether oxygens (including phenoxy) is 1. The molecule has 9 heteroatoms. The third-order valence-corrected chi connectivity index (χ3v) is 3.98. The predicted octanol–water partition coefficient (Wildman–Crippen LogP) is -1.16. The van der Waals surface area contributed by atoms with Gasteiger partial charge in [-0.1, -0.05) is 0 Å².